The number of benzene rings is 1. The minimum atomic E-state index is -4.75. The van der Waals surface area contributed by atoms with Gasteiger partial charge in [0.15, 0.2) is 17.7 Å². The summed E-state index contributed by atoms with van der Waals surface area (Å²) in [7, 11) is 0. The molecule has 0 aliphatic carbocycles. The van der Waals surface area contributed by atoms with E-state index in [1.54, 1.807) is 0 Å². The third-order valence-corrected chi connectivity index (χ3v) is 2.38. The van der Waals surface area contributed by atoms with Crippen molar-refractivity contribution in [3.05, 3.63) is 35.4 Å². The Bertz CT molecular complexity index is 424. The summed E-state index contributed by atoms with van der Waals surface area (Å²) in [5.74, 6) is -2.25. The van der Waals surface area contributed by atoms with Crippen LogP contribution in [0.2, 0.25) is 0 Å². The van der Waals surface area contributed by atoms with Gasteiger partial charge in [-0.2, -0.15) is 13.2 Å². The summed E-state index contributed by atoms with van der Waals surface area (Å²) in [6, 6.07) is 2.67. The summed E-state index contributed by atoms with van der Waals surface area (Å²) in [5.41, 5.74) is 0.0212. The van der Waals surface area contributed by atoms with E-state index in [1.807, 2.05) is 0 Å². The first-order chi connectivity index (χ1) is 8.71. The molecule has 0 aliphatic heterocycles. The Kier molecular flexibility index (Phi) is 5.21. The predicted octanol–water partition coefficient (Wildman–Crippen LogP) is 1.51. The van der Waals surface area contributed by atoms with E-state index < -0.39 is 36.6 Å². The largest absolute Gasteiger partial charge is 0.415 e. The van der Waals surface area contributed by atoms with E-state index in [2.05, 4.69) is 5.32 Å². The highest BCUT2D eigenvalue weighted by molar-refractivity contribution is 5.20. The lowest BCUT2D eigenvalue weighted by Crippen LogP contribution is -2.39. The summed E-state index contributed by atoms with van der Waals surface area (Å²) in [6.45, 7) is -1.14. The van der Waals surface area contributed by atoms with Crippen LogP contribution in [-0.2, 0) is 0 Å². The molecule has 1 rings (SSSR count). The van der Waals surface area contributed by atoms with Crippen LogP contribution in [0.15, 0.2) is 18.2 Å². The molecular weight excluding hydrogens is 273 g/mol. The fraction of sp³-hybridized carbons (Fsp3) is 0.455. The molecule has 108 valence electrons. The second kappa shape index (κ2) is 6.27. The van der Waals surface area contributed by atoms with Crippen LogP contribution in [0.5, 0.6) is 0 Å². The number of halogens is 5. The number of nitrogens with one attached hydrogen (secondary N) is 1. The summed E-state index contributed by atoms with van der Waals surface area (Å²) in [5, 5.41) is 20.4. The first-order valence-electron chi connectivity index (χ1n) is 5.30. The van der Waals surface area contributed by atoms with E-state index in [9.17, 15) is 27.1 Å². The second-order valence-corrected chi connectivity index (χ2v) is 3.91. The number of rotatable bonds is 5. The van der Waals surface area contributed by atoms with Crippen molar-refractivity contribution >= 4 is 0 Å². The van der Waals surface area contributed by atoms with Gasteiger partial charge in [-0.1, -0.05) is 6.07 Å². The van der Waals surface area contributed by atoms with Crippen molar-refractivity contribution in [1.82, 2.24) is 5.32 Å². The highest BCUT2D eigenvalue weighted by Gasteiger charge is 2.37. The van der Waals surface area contributed by atoms with Crippen LogP contribution in [-0.4, -0.2) is 35.6 Å². The van der Waals surface area contributed by atoms with E-state index in [0.29, 0.717) is 0 Å². The molecule has 0 heterocycles. The molecule has 3 N–H and O–H groups in total. The van der Waals surface area contributed by atoms with E-state index in [1.165, 1.54) is 0 Å². The van der Waals surface area contributed by atoms with Crippen molar-refractivity contribution in [2.75, 3.05) is 13.1 Å². The zero-order chi connectivity index (χ0) is 14.6. The maximum Gasteiger partial charge on any atom is 0.415 e. The van der Waals surface area contributed by atoms with Crippen molar-refractivity contribution in [2.45, 2.75) is 18.4 Å². The lowest BCUT2D eigenvalue weighted by Gasteiger charge is -2.17. The molecule has 1 aromatic carbocycles. The Morgan fingerprint density at radius 1 is 1.05 bits per heavy atom. The molecule has 0 spiro atoms. The molecular formula is C11H12F5NO2. The molecule has 0 fully saturated rings. The van der Waals surface area contributed by atoms with Gasteiger partial charge in [0, 0.05) is 13.1 Å². The first-order valence-corrected chi connectivity index (χ1v) is 5.30. The number of aliphatic hydroxyl groups excluding tert-OH is 2. The average molecular weight is 285 g/mol. The van der Waals surface area contributed by atoms with Crippen LogP contribution in [0.4, 0.5) is 22.0 Å². The van der Waals surface area contributed by atoms with Crippen LogP contribution >= 0.6 is 0 Å². The van der Waals surface area contributed by atoms with Gasteiger partial charge in [-0.05, 0) is 17.7 Å². The van der Waals surface area contributed by atoms with Gasteiger partial charge in [-0.3, -0.25) is 0 Å². The molecule has 0 radical (unpaired) electrons. The Labute approximate surface area is 105 Å². The van der Waals surface area contributed by atoms with Gasteiger partial charge in [0.2, 0.25) is 0 Å². The van der Waals surface area contributed by atoms with Crippen LogP contribution < -0.4 is 5.32 Å². The monoisotopic (exact) mass is 285 g/mol. The molecule has 3 nitrogen and oxygen atoms in total. The Balaban J connectivity index is 2.47. The van der Waals surface area contributed by atoms with E-state index in [-0.39, 0.29) is 12.1 Å². The topological polar surface area (TPSA) is 52.5 Å². The van der Waals surface area contributed by atoms with Gasteiger partial charge in [0.1, 0.15) is 0 Å². The fourth-order valence-electron chi connectivity index (χ4n) is 1.31. The van der Waals surface area contributed by atoms with Gasteiger partial charge in [-0.25, -0.2) is 8.78 Å². The lowest BCUT2D eigenvalue weighted by molar-refractivity contribution is -0.202. The second-order valence-electron chi connectivity index (χ2n) is 3.91. The summed E-state index contributed by atoms with van der Waals surface area (Å²) >= 11 is 0. The van der Waals surface area contributed by atoms with Crippen LogP contribution in [0.25, 0.3) is 0 Å². The predicted molar refractivity (Wildman–Crippen MR) is 56.2 cm³/mol. The fourth-order valence-corrected chi connectivity index (χ4v) is 1.31. The quantitative estimate of drug-likeness (QED) is 0.719. The summed E-state index contributed by atoms with van der Waals surface area (Å²) < 4.78 is 61.3. The van der Waals surface area contributed by atoms with Gasteiger partial charge >= 0.3 is 6.18 Å². The van der Waals surface area contributed by atoms with Gasteiger partial charge in [0.25, 0.3) is 0 Å². The average Bonchev–Trinajstić information content (AvgIpc) is 2.31. The molecule has 0 aliphatic rings. The molecule has 0 bridgehead atoms. The maximum atomic E-state index is 12.9. The molecule has 19 heavy (non-hydrogen) atoms. The van der Waals surface area contributed by atoms with Crippen molar-refractivity contribution in [2.24, 2.45) is 0 Å². The molecule has 0 saturated heterocycles. The van der Waals surface area contributed by atoms with Gasteiger partial charge in [0.05, 0.1) is 6.10 Å². The first kappa shape index (κ1) is 15.8. The minimum absolute atomic E-state index is 0.0212. The van der Waals surface area contributed by atoms with E-state index in [4.69, 9.17) is 5.11 Å². The molecule has 2 atom stereocenters. The molecule has 1 aromatic rings. The van der Waals surface area contributed by atoms with Crippen molar-refractivity contribution < 1.29 is 32.2 Å². The highest BCUT2D eigenvalue weighted by atomic mass is 19.4. The van der Waals surface area contributed by atoms with E-state index >= 15 is 0 Å². The molecule has 8 heteroatoms. The maximum absolute atomic E-state index is 12.9. The van der Waals surface area contributed by atoms with Crippen LogP contribution in [0.1, 0.15) is 11.7 Å². The van der Waals surface area contributed by atoms with E-state index in [0.717, 1.165) is 18.2 Å². The van der Waals surface area contributed by atoms with Crippen molar-refractivity contribution in [3.63, 3.8) is 0 Å². The Morgan fingerprint density at radius 3 is 2.21 bits per heavy atom. The minimum Gasteiger partial charge on any atom is -0.387 e. The Hall–Kier alpha value is -1.25. The van der Waals surface area contributed by atoms with Gasteiger partial charge < -0.3 is 15.5 Å². The van der Waals surface area contributed by atoms with Crippen LogP contribution in [0, 0.1) is 11.6 Å². The lowest BCUT2D eigenvalue weighted by atomic mass is 10.1. The van der Waals surface area contributed by atoms with Crippen LogP contribution in [0.3, 0.4) is 0 Å². The SMILES string of the molecule is OC(CNCC(O)C(F)(F)F)c1ccc(F)c(F)c1. The normalized spacial score (nSPS) is 15.3. The number of hydrogen-bond acceptors (Lipinski definition) is 3. The summed E-state index contributed by atoms with van der Waals surface area (Å²) in [4.78, 5) is 0. The third kappa shape index (κ3) is 4.73. The molecule has 0 amide bonds. The Morgan fingerprint density at radius 2 is 1.68 bits per heavy atom. The molecule has 2 unspecified atom stereocenters. The smallest absolute Gasteiger partial charge is 0.387 e. The number of aliphatic hydroxyl groups is 2. The van der Waals surface area contributed by atoms with Crippen molar-refractivity contribution in [1.29, 1.82) is 0 Å². The van der Waals surface area contributed by atoms with Gasteiger partial charge in [-0.15, -0.1) is 0 Å². The zero-order valence-electron chi connectivity index (χ0n) is 9.59. The molecule has 0 aromatic heterocycles. The zero-order valence-corrected chi connectivity index (χ0v) is 9.59. The standard InChI is InChI=1S/C11H12F5NO2/c12-7-2-1-6(3-8(7)13)9(18)4-17-5-10(19)11(14,15)16/h1-3,9-10,17-19H,4-5H2. The van der Waals surface area contributed by atoms with Crippen molar-refractivity contribution in [3.8, 4) is 0 Å². The number of alkyl halides is 3. The highest BCUT2D eigenvalue weighted by Crippen LogP contribution is 2.19. The number of hydrogen-bond donors (Lipinski definition) is 3. The molecule has 0 saturated carbocycles. The third-order valence-electron chi connectivity index (χ3n) is 2.38. The summed E-state index contributed by atoms with van der Waals surface area (Å²) in [6.07, 6.45) is -8.61.